The van der Waals surface area contributed by atoms with Crippen LogP contribution in [0.2, 0.25) is 10.0 Å². The fourth-order valence-corrected chi connectivity index (χ4v) is 2.96. The number of carbonyl (C=O) groups excluding carboxylic acids is 1. The number of benzene rings is 2. The molecule has 1 aliphatic heterocycles. The summed E-state index contributed by atoms with van der Waals surface area (Å²) in [6.45, 7) is 3.55. The first-order valence-electron chi connectivity index (χ1n) is 7.89. The van der Waals surface area contributed by atoms with Gasteiger partial charge in [0.05, 0.1) is 0 Å². The molecule has 1 fully saturated rings. The predicted molar refractivity (Wildman–Crippen MR) is 98.9 cm³/mol. The van der Waals surface area contributed by atoms with Crippen molar-refractivity contribution < 1.29 is 4.79 Å². The van der Waals surface area contributed by atoms with Gasteiger partial charge in [0, 0.05) is 48.5 Å². The van der Waals surface area contributed by atoms with Gasteiger partial charge in [-0.15, -0.1) is 0 Å². The summed E-state index contributed by atoms with van der Waals surface area (Å²) in [4.78, 5) is 16.4. The van der Waals surface area contributed by atoms with Crippen LogP contribution in [0.15, 0.2) is 48.5 Å². The van der Waals surface area contributed by atoms with Crippen LogP contribution in [0.5, 0.6) is 0 Å². The molecule has 2 amide bonds. The van der Waals surface area contributed by atoms with E-state index in [1.807, 2.05) is 53.4 Å². The maximum atomic E-state index is 12.3. The van der Waals surface area contributed by atoms with E-state index < -0.39 is 0 Å². The Bertz CT molecular complexity index is 680. The molecule has 2 aromatic carbocycles. The predicted octanol–water partition coefficient (Wildman–Crippen LogP) is 4.03. The molecule has 0 radical (unpaired) electrons. The van der Waals surface area contributed by atoms with Gasteiger partial charge < -0.3 is 15.1 Å². The molecular formula is C18H19Cl2N3O. The molecule has 0 aromatic heterocycles. The summed E-state index contributed by atoms with van der Waals surface area (Å²) >= 11 is 11.8. The van der Waals surface area contributed by atoms with E-state index in [0.717, 1.165) is 29.4 Å². The molecule has 0 saturated carbocycles. The molecule has 0 bridgehead atoms. The van der Waals surface area contributed by atoms with Gasteiger partial charge in [-0.05, 0) is 42.0 Å². The number of halogens is 2. The molecule has 24 heavy (non-hydrogen) atoms. The molecule has 126 valence electrons. The van der Waals surface area contributed by atoms with Gasteiger partial charge in [-0.25, -0.2) is 4.79 Å². The number of amides is 2. The first-order valence-corrected chi connectivity index (χ1v) is 8.65. The van der Waals surface area contributed by atoms with Gasteiger partial charge >= 0.3 is 6.03 Å². The molecule has 0 atom stereocenters. The molecule has 1 heterocycles. The highest BCUT2D eigenvalue weighted by Crippen LogP contribution is 2.19. The summed E-state index contributed by atoms with van der Waals surface area (Å²) < 4.78 is 0. The fraction of sp³-hybridized carbons (Fsp3) is 0.278. The van der Waals surface area contributed by atoms with E-state index in [-0.39, 0.29) is 6.03 Å². The SMILES string of the molecule is O=C(NCc1ccc(Cl)cc1)N1CCN(c2ccc(Cl)cc2)CC1. The van der Waals surface area contributed by atoms with E-state index >= 15 is 0 Å². The van der Waals surface area contributed by atoms with E-state index in [0.29, 0.717) is 24.7 Å². The van der Waals surface area contributed by atoms with Gasteiger partial charge in [0.2, 0.25) is 0 Å². The molecule has 1 aliphatic rings. The minimum atomic E-state index is -0.0271. The van der Waals surface area contributed by atoms with Crippen molar-refractivity contribution in [2.75, 3.05) is 31.1 Å². The average molecular weight is 364 g/mol. The largest absolute Gasteiger partial charge is 0.368 e. The molecule has 6 heteroatoms. The quantitative estimate of drug-likeness (QED) is 0.893. The standard InChI is InChI=1S/C18H19Cl2N3O/c19-15-3-1-14(2-4-15)13-21-18(24)23-11-9-22(10-12-23)17-7-5-16(20)6-8-17/h1-8H,9-13H2,(H,21,24). The number of nitrogens with one attached hydrogen (secondary N) is 1. The van der Waals surface area contributed by atoms with Gasteiger partial charge in [-0.2, -0.15) is 0 Å². The van der Waals surface area contributed by atoms with Gasteiger partial charge in [-0.1, -0.05) is 35.3 Å². The van der Waals surface area contributed by atoms with Gasteiger partial charge in [0.15, 0.2) is 0 Å². The Morgan fingerprint density at radius 1 is 0.875 bits per heavy atom. The molecule has 3 rings (SSSR count). The third-order valence-electron chi connectivity index (χ3n) is 4.12. The minimum absolute atomic E-state index is 0.0271. The minimum Gasteiger partial charge on any atom is -0.368 e. The molecule has 0 aliphatic carbocycles. The van der Waals surface area contributed by atoms with Crippen LogP contribution < -0.4 is 10.2 Å². The van der Waals surface area contributed by atoms with Gasteiger partial charge in [-0.3, -0.25) is 0 Å². The number of hydrogen-bond donors (Lipinski definition) is 1. The van der Waals surface area contributed by atoms with Crippen LogP contribution in [0.1, 0.15) is 5.56 Å². The van der Waals surface area contributed by atoms with E-state index in [4.69, 9.17) is 23.2 Å². The number of piperazine rings is 1. The van der Waals surface area contributed by atoms with Gasteiger partial charge in [0.25, 0.3) is 0 Å². The maximum Gasteiger partial charge on any atom is 0.317 e. The lowest BCUT2D eigenvalue weighted by Crippen LogP contribution is -2.51. The third-order valence-corrected chi connectivity index (χ3v) is 4.62. The summed E-state index contributed by atoms with van der Waals surface area (Å²) in [5.41, 5.74) is 2.17. The van der Waals surface area contributed by atoms with Crippen LogP contribution in [0.25, 0.3) is 0 Å². The maximum absolute atomic E-state index is 12.3. The topological polar surface area (TPSA) is 35.6 Å². The first kappa shape index (κ1) is 16.9. The lowest BCUT2D eigenvalue weighted by atomic mass is 10.2. The van der Waals surface area contributed by atoms with Crippen molar-refractivity contribution in [1.29, 1.82) is 0 Å². The highest BCUT2D eigenvalue weighted by Gasteiger charge is 2.21. The van der Waals surface area contributed by atoms with Gasteiger partial charge in [0.1, 0.15) is 0 Å². The van der Waals surface area contributed by atoms with E-state index in [1.165, 1.54) is 0 Å². The van der Waals surface area contributed by atoms with Crippen molar-refractivity contribution in [2.24, 2.45) is 0 Å². The van der Waals surface area contributed by atoms with Crippen LogP contribution in [-0.4, -0.2) is 37.1 Å². The summed E-state index contributed by atoms with van der Waals surface area (Å²) in [6, 6.07) is 15.3. The highest BCUT2D eigenvalue weighted by atomic mass is 35.5. The zero-order chi connectivity index (χ0) is 16.9. The zero-order valence-corrected chi connectivity index (χ0v) is 14.7. The Morgan fingerprint density at radius 2 is 1.42 bits per heavy atom. The van der Waals surface area contributed by atoms with Crippen LogP contribution in [0.3, 0.4) is 0 Å². The number of carbonyl (C=O) groups is 1. The molecule has 4 nitrogen and oxygen atoms in total. The Balaban J connectivity index is 1.48. The number of nitrogens with zero attached hydrogens (tertiary/aromatic N) is 2. The van der Waals surface area contributed by atoms with E-state index in [1.54, 1.807) is 0 Å². The van der Waals surface area contributed by atoms with Crippen LogP contribution in [-0.2, 0) is 6.54 Å². The van der Waals surface area contributed by atoms with Crippen molar-refractivity contribution in [3.05, 3.63) is 64.1 Å². The summed E-state index contributed by atoms with van der Waals surface area (Å²) in [6.07, 6.45) is 0. The monoisotopic (exact) mass is 363 g/mol. The zero-order valence-electron chi connectivity index (χ0n) is 13.2. The smallest absolute Gasteiger partial charge is 0.317 e. The molecule has 1 N–H and O–H groups in total. The van der Waals surface area contributed by atoms with Crippen molar-refractivity contribution in [1.82, 2.24) is 10.2 Å². The highest BCUT2D eigenvalue weighted by molar-refractivity contribution is 6.30. The summed E-state index contributed by atoms with van der Waals surface area (Å²) in [5.74, 6) is 0. The Labute approximate surface area is 152 Å². The Morgan fingerprint density at radius 3 is 2.00 bits per heavy atom. The van der Waals surface area contributed by atoms with Crippen molar-refractivity contribution in [2.45, 2.75) is 6.54 Å². The fourth-order valence-electron chi connectivity index (χ4n) is 2.71. The van der Waals surface area contributed by atoms with Crippen molar-refractivity contribution in [3.63, 3.8) is 0 Å². The molecule has 1 saturated heterocycles. The summed E-state index contributed by atoms with van der Waals surface area (Å²) in [7, 11) is 0. The lowest BCUT2D eigenvalue weighted by molar-refractivity contribution is 0.194. The third kappa shape index (κ3) is 4.34. The van der Waals surface area contributed by atoms with Crippen LogP contribution in [0, 0.1) is 0 Å². The second-order valence-corrected chi connectivity index (χ2v) is 6.61. The second-order valence-electron chi connectivity index (χ2n) is 5.74. The lowest BCUT2D eigenvalue weighted by Gasteiger charge is -2.36. The molecule has 0 spiro atoms. The number of urea groups is 1. The molecular weight excluding hydrogens is 345 g/mol. The normalized spacial score (nSPS) is 14.6. The Hall–Kier alpha value is -1.91. The number of hydrogen-bond acceptors (Lipinski definition) is 2. The Kier molecular flexibility index (Phi) is 5.48. The van der Waals surface area contributed by atoms with E-state index in [2.05, 4.69) is 10.2 Å². The van der Waals surface area contributed by atoms with Crippen molar-refractivity contribution in [3.8, 4) is 0 Å². The van der Waals surface area contributed by atoms with Crippen molar-refractivity contribution >= 4 is 34.9 Å². The first-order chi connectivity index (χ1) is 11.6. The van der Waals surface area contributed by atoms with Crippen LogP contribution in [0.4, 0.5) is 10.5 Å². The van der Waals surface area contributed by atoms with E-state index in [9.17, 15) is 4.79 Å². The number of rotatable bonds is 3. The number of anilines is 1. The molecule has 2 aromatic rings. The summed E-state index contributed by atoms with van der Waals surface area (Å²) in [5, 5.41) is 4.39. The second kappa shape index (κ2) is 7.77. The van der Waals surface area contributed by atoms with Crippen LogP contribution >= 0.6 is 23.2 Å². The molecule has 0 unspecified atom stereocenters. The average Bonchev–Trinajstić information content (AvgIpc) is 2.62.